The van der Waals surface area contributed by atoms with Crippen molar-refractivity contribution in [1.29, 1.82) is 0 Å². The van der Waals surface area contributed by atoms with Gasteiger partial charge in [0.2, 0.25) is 0 Å². The summed E-state index contributed by atoms with van der Waals surface area (Å²) in [5.74, 6) is 0. The van der Waals surface area contributed by atoms with Gasteiger partial charge in [-0.25, -0.2) is 9.67 Å². The lowest BCUT2D eigenvalue weighted by molar-refractivity contribution is -0.384. The minimum Gasteiger partial charge on any atom is -0.377 e. The van der Waals surface area contributed by atoms with Crippen LogP contribution in [0.4, 0.5) is 11.4 Å². The van der Waals surface area contributed by atoms with Crippen LogP contribution >= 0.6 is 0 Å². The van der Waals surface area contributed by atoms with Gasteiger partial charge in [-0.1, -0.05) is 0 Å². The van der Waals surface area contributed by atoms with Gasteiger partial charge in [-0.15, -0.1) is 0 Å². The Balaban J connectivity index is 1.96. The zero-order valence-corrected chi connectivity index (χ0v) is 10.2. The zero-order chi connectivity index (χ0) is 13.2. The maximum atomic E-state index is 11.0. The fourth-order valence-electron chi connectivity index (χ4n) is 2.06. The Morgan fingerprint density at radius 3 is 2.84 bits per heavy atom. The number of nitrogens with zero attached hydrogens (tertiary/aromatic N) is 4. The lowest BCUT2D eigenvalue weighted by Gasteiger charge is -2.27. The van der Waals surface area contributed by atoms with Gasteiger partial charge in [-0.3, -0.25) is 10.1 Å². The van der Waals surface area contributed by atoms with Crippen molar-refractivity contribution >= 4 is 11.4 Å². The van der Waals surface area contributed by atoms with E-state index in [1.54, 1.807) is 23.1 Å². The van der Waals surface area contributed by atoms with Crippen molar-refractivity contribution in [3.63, 3.8) is 0 Å². The molecule has 1 aromatic heterocycles. The number of nitrogens with one attached hydrogen (secondary N) is 1. The molecule has 1 aliphatic carbocycles. The number of benzene rings is 1. The maximum Gasteiger partial charge on any atom is 0.292 e. The van der Waals surface area contributed by atoms with Crippen LogP contribution in [0, 0.1) is 10.1 Å². The van der Waals surface area contributed by atoms with Crippen LogP contribution in [0.2, 0.25) is 0 Å². The van der Waals surface area contributed by atoms with Gasteiger partial charge in [0.25, 0.3) is 5.69 Å². The first-order valence-corrected chi connectivity index (χ1v) is 6.14. The average Bonchev–Trinajstić information content (AvgIpc) is 2.87. The average molecular weight is 259 g/mol. The molecule has 3 rings (SSSR count). The Kier molecular flexibility index (Phi) is 2.86. The fraction of sp³-hybridized carbons (Fsp3) is 0.333. The predicted octanol–water partition coefficient (Wildman–Crippen LogP) is 2.14. The molecule has 0 amide bonds. The summed E-state index contributed by atoms with van der Waals surface area (Å²) < 4.78 is 1.58. The Bertz CT molecular complexity index is 592. The molecule has 0 radical (unpaired) electrons. The van der Waals surface area contributed by atoms with Gasteiger partial charge in [0, 0.05) is 12.1 Å². The molecule has 1 aliphatic rings. The number of nitro groups is 1. The number of rotatable bonds is 4. The molecular weight excluding hydrogens is 246 g/mol. The van der Waals surface area contributed by atoms with Crippen LogP contribution in [0.3, 0.4) is 0 Å². The second kappa shape index (κ2) is 4.68. The first-order chi connectivity index (χ1) is 9.24. The normalized spacial score (nSPS) is 14.9. The standard InChI is InChI=1S/C12H13N5O2/c18-17(19)12-5-4-10(16-8-13-7-14-16)6-11(12)15-9-2-1-3-9/h4-9,15H,1-3H2. The van der Waals surface area contributed by atoms with Crippen molar-refractivity contribution in [3.8, 4) is 5.69 Å². The lowest BCUT2D eigenvalue weighted by atomic mass is 9.93. The molecule has 1 aromatic carbocycles. The molecule has 7 heteroatoms. The van der Waals surface area contributed by atoms with E-state index in [0.717, 1.165) is 18.5 Å². The summed E-state index contributed by atoms with van der Waals surface area (Å²) in [4.78, 5) is 14.5. The second-order valence-corrected chi connectivity index (χ2v) is 4.57. The highest BCUT2D eigenvalue weighted by atomic mass is 16.6. The summed E-state index contributed by atoms with van der Waals surface area (Å²) >= 11 is 0. The van der Waals surface area contributed by atoms with Gasteiger partial charge in [-0.2, -0.15) is 5.10 Å². The third-order valence-corrected chi connectivity index (χ3v) is 3.32. The first kappa shape index (κ1) is 11.6. The predicted molar refractivity (Wildman–Crippen MR) is 69.3 cm³/mol. The number of hydrogen-bond acceptors (Lipinski definition) is 5. The van der Waals surface area contributed by atoms with E-state index in [0.29, 0.717) is 11.7 Å². The highest BCUT2D eigenvalue weighted by Crippen LogP contribution is 2.31. The summed E-state index contributed by atoms with van der Waals surface area (Å²) in [6.07, 6.45) is 6.29. The van der Waals surface area contributed by atoms with Gasteiger partial charge in [0.05, 0.1) is 10.6 Å². The molecule has 7 nitrogen and oxygen atoms in total. The van der Waals surface area contributed by atoms with Gasteiger partial charge < -0.3 is 5.32 Å². The molecule has 0 aliphatic heterocycles. The molecule has 2 aromatic rings. The minimum atomic E-state index is -0.369. The molecule has 0 spiro atoms. The van der Waals surface area contributed by atoms with Gasteiger partial charge in [-0.05, 0) is 31.4 Å². The quantitative estimate of drug-likeness (QED) is 0.671. The summed E-state index contributed by atoms with van der Waals surface area (Å²) in [7, 11) is 0. The first-order valence-electron chi connectivity index (χ1n) is 6.14. The summed E-state index contributed by atoms with van der Waals surface area (Å²) in [5, 5.41) is 18.3. The monoisotopic (exact) mass is 259 g/mol. The third-order valence-electron chi connectivity index (χ3n) is 3.32. The molecule has 0 atom stereocenters. The van der Waals surface area contributed by atoms with Crippen LogP contribution in [-0.4, -0.2) is 25.7 Å². The molecule has 0 saturated heterocycles. The molecule has 1 N–H and O–H groups in total. The van der Waals surface area contributed by atoms with E-state index >= 15 is 0 Å². The van der Waals surface area contributed by atoms with E-state index in [-0.39, 0.29) is 10.6 Å². The highest BCUT2D eigenvalue weighted by Gasteiger charge is 2.22. The highest BCUT2D eigenvalue weighted by molar-refractivity contribution is 5.66. The molecule has 0 bridgehead atoms. The Labute approximate surface area is 109 Å². The molecule has 98 valence electrons. The van der Waals surface area contributed by atoms with E-state index < -0.39 is 0 Å². The Morgan fingerprint density at radius 1 is 1.42 bits per heavy atom. The van der Waals surface area contributed by atoms with Crippen LogP contribution in [-0.2, 0) is 0 Å². The Morgan fingerprint density at radius 2 is 2.26 bits per heavy atom. The van der Waals surface area contributed by atoms with Crippen molar-refractivity contribution in [2.75, 3.05) is 5.32 Å². The second-order valence-electron chi connectivity index (χ2n) is 4.57. The van der Waals surface area contributed by atoms with Gasteiger partial charge >= 0.3 is 0 Å². The van der Waals surface area contributed by atoms with Crippen molar-refractivity contribution in [3.05, 3.63) is 41.0 Å². The Hall–Kier alpha value is -2.44. The third kappa shape index (κ3) is 2.26. The number of nitro benzene ring substituents is 1. The molecule has 1 heterocycles. The summed E-state index contributed by atoms with van der Waals surface area (Å²) in [6, 6.07) is 5.24. The minimum absolute atomic E-state index is 0.0933. The molecule has 1 fully saturated rings. The largest absolute Gasteiger partial charge is 0.377 e. The summed E-state index contributed by atoms with van der Waals surface area (Å²) in [5.41, 5.74) is 1.39. The number of aromatic nitrogens is 3. The van der Waals surface area contributed by atoms with E-state index in [4.69, 9.17) is 0 Å². The number of hydrogen-bond donors (Lipinski definition) is 1. The molecular formula is C12H13N5O2. The van der Waals surface area contributed by atoms with Crippen LogP contribution in [0.1, 0.15) is 19.3 Å². The van der Waals surface area contributed by atoms with E-state index in [9.17, 15) is 10.1 Å². The summed E-state index contributed by atoms with van der Waals surface area (Å²) in [6.45, 7) is 0. The van der Waals surface area contributed by atoms with Gasteiger partial charge in [0.1, 0.15) is 18.3 Å². The van der Waals surface area contributed by atoms with Gasteiger partial charge in [0.15, 0.2) is 0 Å². The van der Waals surface area contributed by atoms with Crippen LogP contribution in [0.15, 0.2) is 30.9 Å². The number of anilines is 1. The lowest BCUT2D eigenvalue weighted by Crippen LogP contribution is -2.27. The maximum absolute atomic E-state index is 11.0. The van der Waals surface area contributed by atoms with Crippen LogP contribution in [0.5, 0.6) is 0 Å². The van der Waals surface area contributed by atoms with Crippen LogP contribution < -0.4 is 5.32 Å². The fourth-order valence-corrected chi connectivity index (χ4v) is 2.06. The molecule has 19 heavy (non-hydrogen) atoms. The van der Waals surface area contributed by atoms with Crippen molar-refractivity contribution < 1.29 is 4.92 Å². The smallest absolute Gasteiger partial charge is 0.292 e. The van der Waals surface area contributed by atoms with E-state index in [1.165, 1.54) is 18.8 Å². The molecule has 1 saturated carbocycles. The van der Waals surface area contributed by atoms with E-state index in [1.807, 2.05) is 0 Å². The van der Waals surface area contributed by atoms with E-state index in [2.05, 4.69) is 15.4 Å². The topological polar surface area (TPSA) is 85.9 Å². The molecule has 0 unspecified atom stereocenters. The van der Waals surface area contributed by atoms with Crippen LogP contribution in [0.25, 0.3) is 5.69 Å². The SMILES string of the molecule is O=[N+]([O-])c1ccc(-n2cncn2)cc1NC1CCC1. The van der Waals surface area contributed by atoms with Crippen molar-refractivity contribution in [2.45, 2.75) is 25.3 Å². The zero-order valence-electron chi connectivity index (χ0n) is 10.2. The van der Waals surface area contributed by atoms with Crippen molar-refractivity contribution in [2.24, 2.45) is 0 Å². The van der Waals surface area contributed by atoms with Crippen molar-refractivity contribution in [1.82, 2.24) is 14.8 Å².